The van der Waals surface area contributed by atoms with Gasteiger partial charge in [0.15, 0.2) is 0 Å². The van der Waals surface area contributed by atoms with Gasteiger partial charge in [-0.25, -0.2) is 0 Å². The Morgan fingerprint density at radius 2 is 2.00 bits per heavy atom. The van der Waals surface area contributed by atoms with Gasteiger partial charge < -0.3 is 15.2 Å². The molecule has 1 aliphatic carbocycles. The van der Waals surface area contributed by atoms with Gasteiger partial charge in [-0.05, 0) is 37.3 Å². The predicted molar refractivity (Wildman–Crippen MR) is 75.4 cm³/mol. The molecule has 1 fully saturated rings. The number of fused-ring (bicyclic) bond motifs is 1. The summed E-state index contributed by atoms with van der Waals surface area (Å²) in [6.45, 7) is 0.650. The Kier molecular flexibility index (Phi) is 4.04. The summed E-state index contributed by atoms with van der Waals surface area (Å²) in [6.07, 6.45) is 6.58. The molecule has 1 saturated carbocycles. The third-order valence-corrected chi connectivity index (χ3v) is 4.35. The Morgan fingerprint density at radius 3 is 2.84 bits per heavy atom. The fourth-order valence-corrected chi connectivity index (χ4v) is 3.16. The fourth-order valence-electron chi connectivity index (χ4n) is 3.16. The smallest absolute Gasteiger partial charge is 0.126 e. The van der Waals surface area contributed by atoms with Crippen LogP contribution < -0.4 is 10.1 Å². The van der Waals surface area contributed by atoms with Crippen molar-refractivity contribution in [3.05, 3.63) is 29.8 Å². The van der Waals surface area contributed by atoms with E-state index >= 15 is 0 Å². The molecule has 1 aromatic carbocycles. The summed E-state index contributed by atoms with van der Waals surface area (Å²) < 4.78 is 5.92. The number of rotatable bonds is 4. The van der Waals surface area contributed by atoms with Gasteiger partial charge in [-0.3, -0.25) is 0 Å². The minimum absolute atomic E-state index is 0.0659. The Bertz CT molecular complexity index is 415. The normalized spacial score (nSPS) is 24.8. The van der Waals surface area contributed by atoms with Crippen molar-refractivity contribution in [3.63, 3.8) is 0 Å². The molecule has 104 valence electrons. The van der Waals surface area contributed by atoms with Gasteiger partial charge in [0.25, 0.3) is 0 Å². The summed E-state index contributed by atoms with van der Waals surface area (Å²) in [6, 6.07) is 8.74. The van der Waals surface area contributed by atoms with Crippen molar-refractivity contribution in [1.29, 1.82) is 0 Å². The number of benzene rings is 1. The summed E-state index contributed by atoms with van der Waals surface area (Å²) in [7, 11) is 0. The van der Waals surface area contributed by atoms with Crippen LogP contribution in [0, 0.1) is 0 Å². The van der Waals surface area contributed by atoms with Crippen LogP contribution in [0.2, 0.25) is 0 Å². The lowest BCUT2D eigenvalue weighted by atomic mass is 9.99. The molecule has 2 atom stereocenters. The molecule has 19 heavy (non-hydrogen) atoms. The second-order valence-corrected chi connectivity index (χ2v) is 5.76. The Balaban J connectivity index is 1.52. The van der Waals surface area contributed by atoms with Crippen molar-refractivity contribution in [1.82, 2.24) is 5.32 Å². The van der Waals surface area contributed by atoms with Crippen molar-refractivity contribution in [2.24, 2.45) is 0 Å². The Morgan fingerprint density at radius 1 is 1.21 bits per heavy atom. The average molecular weight is 261 g/mol. The number of hydrogen-bond acceptors (Lipinski definition) is 3. The van der Waals surface area contributed by atoms with Gasteiger partial charge in [0.05, 0.1) is 0 Å². The minimum Gasteiger partial charge on any atom is -0.487 e. The monoisotopic (exact) mass is 261 g/mol. The summed E-state index contributed by atoms with van der Waals surface area (Å²) in [5.41, 5.74) is 1.26. The first-order chi connectivity index (χ1) is 9.33. The van der Waals surface area contributed by atoms with Crippen molar-refractivity contribution in [3.8, 4) is 5.75 Å². The number of aliphatic hydroxyl groups excluding tert-OH is 1. The van der Waals surface area contributed by atoms with E-state index in [1.54, 1.807) is 0 Å². The van der Waals surface area contributed by atoms with E-state index in [9.17, 15) is 5.11 Å². The molecule has 1 heterocycles. The van der Waals surface area contributed by atoms with Gasteiger partial charge in [-0.2, -0.15) is 0 Å². The van der Waals surface area contributed by atoms with Gasteiger partial charge in [-0.1, -0.05) is 31.0 Å². The third kappa shape index (κ3) is 3.10. The highest BCUT2D eigenvalue weighted by atomic mass is 16.5. The molecular weight excluding hydrogens is 238 g/mol. The second-order valence-electron chi connectivity index (χ2n) is 5.76. The van der Waals surface area contributed by atoms with E-state index in [0.717, 1.165) is 18.6 Å². The molecule has 0 aromatic heterocycles. The van der Waals surface area contributed by atoms with Crippen LogP contribution in [0.25, 0.3) is 0 Å². The van der Waals surface area contributed by atoms with Gasteiger partial charge in [0.2, 0.25) is 0 Å². The summed E-state index contributed by atoms with van der Waals surface area (Å²) in [5, 5.41) is 13.7. The lowest BCUT2D eigenvalue weighted by Crippen LogP contribution is -2.43. The standard InChI is InChI=1S/C16H23NO2/c18-14(11-17-13-6-2-3-7-13)16-10-9-12-5-1-4-8-15(12)19-16/h1,4-5,8,13-14,16-18H,2-3,6-7,9-11H2/t14-,16-/m0/s1. The molecule has 0 bridgehead atoms. The van der Waals surface area contributed by atoms with E-state index in [2.05, 4.69) is 11.4 Å². The number of nitrogens with one attached hydrogen (secondary N) is 1. The number of aryl methyl sites for hydroxylation is 1. The van der Waals surface area contributed by atoms with E-state index in [0.29, 0.717) is 12.6 Å². The fraction of sp³-hybridized carbons (Fsp3) is 0.625. The number of hydrogen-bond donors (Lipinski definition) is 2. The summed E-state index contributed by atoms with van der Waals surface area (Å²) >= 11 is 0. The average Bonchev–Trinajstić information content (AvgIpc) is 2.97. The van der Waals surface area contributed by atoms with Crippen LogP contribution in [-0.4, -0.2) is 29.9 Å². The van der Waals surface area contributed by atoms with Crippen LogP contribution in [0.4, 0.5) is 0 Å². The molecule has 0 unspecified atom stereocenters. The van der Waals surface area contributed by atoms with E-state index in [1.807, 2.05) is 18.2 Å². The molecule has 2 aliphatic rings. The molecule has 1 aromatic rings. The zero-order chi connectivity index (χ0) is 13.1. The predicted octanol–water partition coefficient (Wildman–Crippen LogP) is 2.27. The van der Waals surface area contributed by atoms with Crippen LogP contribution in [0.15, 0.2) is 24.3 Å². The zero-order valence-corrected chi connectivity index (χ0v) is 11.3. The highest BCUT2D eigenvalue weighted by molar-refractivity contribution is 5.35. The van der Waals surface area contributed by atoms with Crippen LogP contribution in [0.1, 0.15) is 37.7 Å². The quantitative estimate of drug-likeness (QED) is 0.873. The Labute approximate surface area is 115 Å². The molecule has 0 amide bonds. The molecule has 1 aliphatic heterocycles. The summed E-state index contributed by atoms with van der Waals surface area (Å²) in [4.78, 5) is 0. The third-order valence-electron chi connectivity index (χ3n) is 4.35. The van der Waals surface area contributed by atoms with E-state index in [4.69, 9.17) is 4.74 Å². The van der Waals surface area contributed by atoms with Gasteiger partial charge >= 0.3 is 0 Å². The van der Waals surface area contributed by atoms with Crippen molar-refractivity contribution in [2.75, 3.05) is 6.54 Å². The number of para-hydroxylation sites is 1. The van der Waals surface area contributed by atoms with Crippen molar-refractivity contribution >= 4 is 0 Å². The first kappa shape index (κ1) is 12.9. The highest BCUT2D eigenvalue weighted by Crippen LogP contribution is 2.28. The molecule has 3 rings (SSSR count). The molecular formula is C16H23NO2. The second kappa shape index (κ2) is 5.93. The lowest BCUT2D eigenvalue weighted by Gasteiger charge is -2.30. The van der Waals surface area contributed by atoms with Crippen LogP contribution in [0.5, 0.6) is 5.75 Å². The maximum Gasteiger partial charge on any atom is 0.126 e. The van der Waals surface area contributed by atoms with Crippen LogP contribution in [-0.2, 0) is 6.42 Å². The van der Waals surface area contributed by atoms with E-state index in [-0.39, 0.29) is 6.10 Å². The first-order valence-electron chi connectivity index (χ1n) is 7.49. The maximum atomic E-state index is 10.3. The van der Waals surface area contributed by atoms with E-state index in [1.165, 1.54) is 31.2 Å². The van der Waals surface area contributed by atoms with Crippen LogP contribution in [0.3, 0.4) is 0 Å². The van der Waals surface area contributed by atoms with Gasteiger partial charge in [-0.15, -0.1) is 0 Å². The molecule has 3 nitrogen and oxygen atoms in total. The minimum atomic E-state index is -0.408. The van der Waals surface area contributed by atoms with Crippen molar-refractivity contribution < 1.29 is 9.84 Å². The SMILES string of the molecule is O[C@@H](CNC1CCCC1)[C@@H]1CCc2ccccc2O1. The lowest BCUT2D eigenvalue weighted by molar-refractivity contribution is 0.0231. The van der Waals surface area contributed by atoms with Gasteiger partial charge in [0, 0.05) is 12.6 Å². The van der Waals surface area contributed by atoms with Crippen LogP contribution >= 0.6 is 0 Å². The van der Waals surface area contributed by atoms with E-state index < -0.39 is 6.10 Å². The molecule has 0 spiro atoms. The zero-order valence-electron chi connectivity index (χ0n) is 11.3. The largest absolute Gasteiger partial charge is 0.487 e. The molecule has 2 N–H and O–H groups in total. The summed E-state index contributed by atoms with van der Waals surface area (Å²) in [5.74, 6) is 0.943. The molecule has 0 radical (unpaired) electrons. The molecule has 3 heteroatoms. The number of ether oxygens (including phenoxy) is 1. The number of aliphatic hydroxyl groups is 1. The topological polar surface area (TPSA) is 41.5 Å². The Hall–Kier alpha value is -1.06. The maximum absolute atomic E-state index is 10.3. The first-order valence-corrected chi connectivity index (χ1v) is 7.49. The van der Waals surface area contributed by atoms with Crippen molar-refractivity contribution in [2.45, 2.75) is 56.8 Å². The molecule has 0 saturated heterocycles. The van der Waals surface area contributed by atoms with Gasteiger partial charge in [0.1, 0.15) is 18.0 Å². The highest BCUT2D eigenvalue weighted by Gasteiger charge is 2.26.